The summed E-state index contributed by atoms with van der Waals surface area (Å²) in [5.41, 5.74) is 0.436. The monoisotopic (exact) mass is 311 g/mol. The molecule has 0 fully saturated rings. The van der Waals surface area contributed by atoms with Crippen molar-refractivity contribution in [2.75, 3.05) is 0 Å². The van der Waals surface area contributed by atoms with Crippen LogP contribution in [0, 0.1) is 0 Å². The van der Waals surface area contributed by atoms with Crippen LogP contribution in [0.4, 0.5) is 0 Å². The third-order valence-electron chi connectivity index (χ3n) is 2.45. The molecule has 1 aromatic heterocycles. The first-order valence-corrected chi connectivity index (χ1v) is 9.13. The molecule has 0 aromatic carbocycles. The van der Waals surface area contributed by atoms with Crippen molar-refractivity contribution in [1.29, 1.82) is 0 Å². The van der Waals surface area contributed by atoms with Gasteiger partial charge >= 0.3 is 0 Å². The topological polar surface area (TPSA) is 97.5 Å². The van der Waals surface area contributed by atoms with Crippen LogP contribution in [-0.4, -0.2) is 23.0 Å². The SMILES string of the molecule is CC.CC1CC(O)c2cc(S(N)(=O)=O)sc2S1=O. The minimum Gasteiger partial charge on any atom is -0.388 e. The van der Waals surface area contributed by atoms with Crippen LogP contribution in [0.15, 0.2) is 14.5 Å². The number of nitrogens with two attached hydrogens (primary N) is 1. The highest BCUT2D eigenvalue weighted by Crippen LogP contribution is 2.40. The van der Waals surface area contributed by atoms with E-state index in [1.54, 1.807) is 6.92 Å². The van der Waals surface area contributed by atoms with Crippen molar-refractivity contribution >= 4 is 32.2 Å². The van der Waals surface area contributed by atoms with Crippen LogP contribution >= 0.6 is 11.3 Å². The Balaban J connectivity index is 0.000000771. The van der Waals surface area contributed by atoms with Gasteiger partial charge in [-0.05, 0) is 12.5 Å². The van der Waals surface area contributed by atoms with E-state index in [-0.39, 0.29) is 9.46 Å². The summed E-state index contributed by atoms with van der Waals surface area (Å²) in [6, 6.07) is 1.32. The maximum Gasteiger partial charge on any atom is 0.247 e. The Morgan fingerprint density at radius 3 is 2.56 bits per heavy atom. The third kappa shape index (κ3) is 3.00. The van der Waals surface area contributed by atoms with Gasteiger partial charge in [0.15, 0.2) is 0 Å². The predicted molar refractivity (Wildman–Crippen MR) is 72.5 cm³/mol. The molecule has 2 heterocycles. The number of primary sulfonamides is 1. The number of thiophene rings is 1. The van der Waals surface area contributed by atoms with Gasteiger partial charge in [0.25, 0.3) is 0 Å². The smallest absolute Gasteiger partial charge is 0.247 e. The molecule has 3 atom stereocenters. The van der Waals surface area contributed by atoms with Gasteiger partial charge in [0.2, 0.25) is 10.0 Å². The molecule has 0 saturated carbocycles. The summed E-state index contributed by atoms with van der Waals surface area (Å²) in [5, 5.41) is 14.6. The largest absolute Gasteiger partial charge is 0.388 e. The van der Waals surface area contributed by atoms with E-state index in [0.29, 0.717) is 16.2 Å². The van der Waals surface area contributed by atoms with Gasteiger partial charge < -0.3 is 5.11 Å². The highest BCUT2D eigenvalue weighted by atomic mass is 32.3. The zero-order valence-corrected chi connectivity index (χ0v) is 12.9. The van der Waals surface area contributed by atoms with Crippen LogP contribution in [0.2, 0.25) is 0 Å². The Hall–Kier alpha value is -0.280. The van der Waals surface area contributed by atoms with Crippen LogP contribution in [0.5, 0.6) is 0 Å². The van der Waals surface area contributed by atoms with Crippen molar-refractivity contribution in [2.24, 2.45) is 5.14 Å². The maximum atomic E-state index is 11.9. The van der Waals surface area contributed by atoms with Gasteiger partial charge in [-0.15, -0.1) is 11.3 Å². The van der Waals surface area contributed by atoms with Gasteiger partial charge in [0.1, 0.15) is 4.21 Å². The summed E-state index contributed by atoms with van der Waals surface area (Å²) in [6.45, 7) is 5.76. The summed E-state index contributed by atoms with van der Waals surface area (Å²) in [4.78, 5) is 0. The summed E-state index contributed by atoms with van der Waals surface area (Å²) in [7, 11) is -5.04. The number of aliphatic hydroxyl groups is 1. The van der Waals surface area contributed by atoms with Crippen molar-refractivity contribution in [1.82, 2.24) is 0 Å². The fraction of sp³-hybridized carbons (Fsp3) is 0.600. The lowest BCUT2D eigenvalue weighted by Gasteiger charge is -2.22. The van der Waals surface area contributed by atoms with Crippen LogP contribution in [0.25, 0.3) is 0 Å². The van der Waals surface area contributed by atoms with Crippen LogP contribution in [-0.2, 0) is 20.8 Å². The Bertz CT molecular complexity index is 549. The van der Waals surface area contributed by atoms with Crippen molar-refractivity contribution in [3.8, 4) is 0 Å². The van der Waals surface area contributed by atoms with Gasteiger partial charge in [-0.2, -0.15) is 0 Å². The van der Waals surface area contributed by atoms with Gasteiger partial charge in [-0.25, -0.2) is 13.6 Å². The Kier molecular flexibility index (Phi) is 5.07. The quantitative estimate of drug-likeness (QED) is 0.818. The zero-order chi connectivity index (χ0) is 14.1. The molecule has 0 spiro atoms. The molecule has 0 saturated heterocycles. The van der Waals surface area contributed by atoms with Crippen molar-refractivity contribution in [2.45, 2.75) is 47.0 Å². The Morgan fingerprint density at radius 1 is 1.50 bits per heavy atom. The molecule has 0 amide bonds. The second-order valence-corrected chi connectivity index (χ2v) is 8.62. The van der Waals surface area contributed by atoms with Crippen LogP contribution in [0.3, 0.4) is 0 Å². The second kappa shape index (κ2) is 5.79. The van der Waals surface area contributed by atoms with Crippen molar-refractivity contribution in [3.05, 3.63) is 11.6 Å². The first kappa shape index (κ1) is 15.8. The highest BCUT2D eigenvalue weighted by molar-refractivity contribution is 7.92. The Morgan fingerprint density at radius 2 is 2.06 bits per heavy atom. The molecule has 5 nitrogen and oxygen atoms in total. The van der Waals surface area contributed by atoms with E-state index in [9.17, 15) is 17.7 Å². The molecule has 3 unspecified atom stereocenters. The lowest BCUT2D eigenvalue weighted by atomic mass is 10.1. The molecular formula is C10H17NO4S3. The number of hydrogen-bond acceptors (Lipinski definition) is 5. The molecule has 0 aliphatic carbocycles. The Labute approximate surface area is 114 Å². The number of sulfonamides is 1. The van der Waals surface area contributed by atoms with E-state index in [1.165, 1.54) is 6.07 Å². The van der Waals surface area contributed by atoms with Gasteiger partial charge in [0, 0.05) is 10.8 Å². The lowest BCUT2D eigenvalue weighted by molar-refractivity contribution is 0.162. The molecule has 1 aliphatic heterocycles. The highest BCUT2D eigenvalue weighted by Gasteiger charge is 2.32. The van der Waals surface area contributed by atoms with E-state index in [1.807, 2.05) is 13.8 Å². The lowest BCUT2D eigenvalue weighted by Crippen LogP contribution is -2.21. The molecule has 1 aliphatic rings. The summed E-state index contributed by atoms with van der Waals surface area (Å²) in [5.74, 6) is 0. The standard InChI is InChI=1S/C8H11NO4S3.C2H6/c1-4-2-6(10)5-3-7(16(9,12)13)14-8(5)15(4)11;1-2/h3-4,6,10H,2H2,1H3,(H2,9,12,13);1-2H3. The van der Waals surface area contributed by atoms with E-state index in [2.05, 4.69) is 0 Å². The third-order valence-corrected chi connectivity index (χ3v) is 7.08. The fourth-order valence-electron chi connectivity index (χ4n) is 1.61. The number of aliphatic hydroxyl groups excluding tert-OH is 1. The fourth-order valence-corrected chi connectivity index (χ4v) is 5.69. The van der Waals surface area contributed by atoms with Gasteiger partial charge in [-0.1, -0.05) is 20.8 Å². The second-order valence-electron chi connectivity index (χ2n) is 3.71. The molecular weight excluding hydrogens is 294 g/mol. The first-order valence-electron chi connectivity index (χ1n) is 5.56. The molecule has 2 rings (SSSR count). The van der Waals surface area contributed by atoms with Crippen molar-refractivity contribution in [3.63, 3.8) is 0 Å². The van der Waals surface area contributed by atoms with E-state index < -0.39 is 26.9 Å². The zero-order valence-electron chi connectivity index (χ0n) is 10.4. The average Bonchev–Trinajstić information content (AvgIpc) is 2.74. The van der Waals surface area contributed by atoms with E-state index >= 15 is 0 Å². The van der Waals surface area contributed by atoms with Gasteiger partial charge in [-0.3, -0.25) is 4.21 Å². The first-order chi connectivity index (χ1) is 8.30. The van der Waals surface area contributed by atoms with E-state index in [0.717, 1.165) is 11.3 Å². The van der Waals surface area contributed by atoms with E-state index in [4.69, 9.17) is 5.14 Å². The molecule has 0 radical (unpaired) electrons. The van der Waals surface area contributed by atoms with Crippen LogP contribution in [0.1, 0.15) is 38.9 Å². The normalized spacial score (nSPS) is 27.1. The molecule has 104 valence electrons. The molecule has 3 N–H and O–H groups in total. The van der Waals surface area contributed by atoms with Crippen LogP contribution < -0.4 is 5.14 Å². The summed E-state index contributed by atoms with van der Waals surface area (Å²) < 4.78 is 34.6. The molecule has 18 heavy (non-hydrogen) atoms. The van der Waals surface area contributed by atoms with Gasteiger partial charge in [0.05, 0.1) is 21.1 Å². The minimum absolute atomic E-state index is 0.0426. The number of hydrogen-bond donors (Lipinski definition) is 2. The molecule has 0 bridgehead atoms. The number of fused-ring (bicyclic) bond motifs is 1. The maximum absolute atomic E-state index is 11.9. The molecule has 8 heteroatoms. The molecule has 1 aromatic rings. The summed E-state index contributed by atoms with van der Waals surface area (Å²) >= 11 is 0.885. The summed E-state index contributed by atoms with van der Waals surface area (Å²) in [6.07, 6.45) is -0.380. The van der Waals surface area contributed by atoms with Crippen molar-refractivity contribution < 1.29 is 17.7 Å². The minimum atomic E-state index is -3.79. The predicted octanol–water partition coefficient (Wildman–Crippen LogP) is 1.35. The number of rotatable bonds is 1. The average molecular weight is 311 g/mol.